The molecule has 0 atom stereocenters. The summed E-state index contributed by atoms with van der Waals surface area (Å²) in [4.78, 5) is 8.60. The number of nitrogens with two attached hydrogens (primary N) is 1. The van der Waals surface area contributed by atoms with Gasteiger partial charge in [0.25, 0.3) is 0 Å². The van der Waals surface area contributed by atoms with Crippen LogP contribution >= 0.6 is 24.4 Å². The van der Waals surface area contributed by atoms with Crippen molar-refractivity contribution in [3.8, 4) is 5.75 Å². The summed E-state index contributed by atoms with van der Waals surface area (Å²) in [5.74, 6) is 0.814. The van der Waals surface area contributed by atoms with Crippen molar-refractivity contribution >= 4 is 46.0 Å². The third-order valence-corrected chi connectivity index (χ3v) is 5.08. The number of benzene rings is 1. The van der Waals surface area contributed by atoms with Crippen LogP contribution in [-0.2, 0) is 0 Å². The molecule has 1 aromatic heterocycles. The van der Waals surface area contributed by atoms with Crippen LogP contribution in [-0.4, -0.2) is 46.3 Å². The van der Waals surface area contributed by atoms with Crippen molar-refractivity contribution < 1.29 is 4.74 Å². The minimum Gasteiger partial charge on any atom is -0.494 e. The Bertz CT molecular complexity index is 802. The van der Waals surface area contributed by atoms with Gasteiger partial charge >= 0.3 is 0 Å². The number of hydrogen-bond donors (Lipinski definition) is 2. The molecule has 1 aliphatic heterocycles. The number of nitrogens with one attached hydrogen (secondary N) is 1. The molecule has 1 aromatic carbocycles. The topological polar surface area (TPSA) is 66.7 Å². The lowest BCUT2D eigenvalue weighted by atomic mass is 10.2. The highest BCUT2D eigenvalue weighted by Crippen LogP contribution is 2.20. The number of rotatable bonds is 9. The molecule has 6 nitrogen and oxygen atoms in total. The van der Waals surface area contributed by atoms with Gasteiger partial charge in [-0.25, -0.2) is 0 Å². The zero-order valence-corrected chi connectivity index (χ0v) is 17.3. The van der Waals surface area contributed by atoms with Crippen LogP contribution in [0.25, 0.3) is 0 Å². The minimum absolute atomic E-state index is 0.249. The quantitative estimate of drug-likeness (QED) is 0.477. The Kier molecular flexibility index (Phi) is 7.39. The second-order valence-electron chi connectivity index (χ2n) is 6.56. The lowest BCUT2D eigenvalue weighted by Crippen LogP contribution is -2.32. The van der Waals surface area contributed by atoms with Crippen LogP contribution < -0.4 is 20.7 Å². The number of nitrogens with zero attached hydrogens (tertiary/aromatic N) is 3. The summed E-state index contributed by atoms with van der Waals surface area (Å²) in [6.07, 6.45) is 6.82. The van der Waals surface area contributed by atoms with Gasteiger partial charge in [-0.3, -0.25) is 4.98 Å². The number of ether oxygens (including phenoxy) is 1. The zero-order chi connectivity index (χ0) is 19.8. The number of unbranched alkanes of at least 4 members (excludes halogenated alkanes) is 2. The van der Waals surface area contributed by atoms with Gasteiger partial charge < -0.3 is 25.6 Å². The highest BCUT2D eigenvalue weighted by Gasteiger charge is 2.25. The Balaban J connectivity index is 1.33. The molecule has 0 spiro atoms. The van der Waals surface area contributed by atoms with Crippen LogP contribution in [0, 0.1) is 0 Å². The third kappa shape index (κ3) is 5.77. The van der Waals surface area contributed by atoms with Gasteiger partial charge in [-0.2, -0.15) is 0 Å². The maximum atomic E-state index is 5.82. The number of anilines is 2. The Hall–Kier alpha value is -2.45. The second-order valence-corrected chi connectivity index (χ2v) is 7.36. The molecule has 3 rings (SSSR count). The molecule has 0 saturated carbocycles. The second kappa shape index (κ2) is 10.2. The van der Waals surface area contributed by atoms with Crippen molar-refractivity contribution in [2.24, 2.45) is 5.73 Å². The molecule has 0 radical (unpaired) electrons. The monoisotopic (exact) mass is 415 g/mol. The smallest absolute Gasteiger partial charge is 0.176 e. The van der Waals surface area contributed by atoms with E-state index in [0.29, 0.717) is 6.61 Å². The van der Waals surface area contributed by atoms with Crippen LogP contribution in [0.4, 0.5) is 11.4 Å². The normalized spacial score (nSPS) is 13.6. The fourth-order valence-corrected chi connectivity index (χ4v) is 3.62. The molecule has 1 fully saturated rings. The number of thiocarbonyl (C=S) groups is 2. The first-order chi connectivity index (χ1) is 13.6. The van der Waals surface area contributed by atoms with Crippen LogP contribution in [0.15, 0.2) is 48.8 Å². The number of hydrogen-bond acceptors (Lipinski definition) is 4. The highest BCUT2D eigenvalue weighted by atomic mass is 32.1. The molecule has 28 heavy (non-hydrogen) atoms. The minimum atomic E-state index is 0.249. The van der Waals surface area contributed by atoms with Gasteiger partial charge in [0.2, 0.25) is 0 Å². The van der Waals surface area contributed by atoms with E-state index in [1.165, 1.54) is 0 Å². The van der Waals surface area contributed by atoms with Crippen LogP contribution in [0.5, 0.6) is 5.75 Å². The molecule has 2 aromatic rings. The Morgan fingerprint density at radius 3 is 2.86 bits per heavy atom. The van der Waals surface area contributed by atoms with Gasteiger partial charge in [0.1, 0.15) is 5.75 Å². The number of pyridine rings is 1. The van der Waals surface area contributed by atoms with Crippen molar-refractivity contribution in [2.75, 3.05) is 36.5 Å². The summed E-state index contributed by atoms with van der Waals surface area (Å²) in [6.45, 7) is 3.54. The largest absolute Gasteiger partial charge is 0.494 e. The molecule has 0 aliphatic carbocycles. The van der Waals surface area contributed by atoms with E-state index in [-0.39, 0.29) is 5.11 Å². The van der Waals surface area contributed by atoms with Crippen molar-refractivity contribution in [1.29, 1.82) is 0 Å². The fourth-order valence-electron chi connectivity index (χ4n) is 3.12. The first-order valence-corrected chi connectivity index (χ1v) is 10.2. The predicted molar refractivity (Wildman–Crippen MR) is 122 cm³/mol. The van der Waals surface area contributed by atoms with Crippen LogP contribution in [0.3, 0.4) is 0 Å². The lowest BCUT2D eigenvalue weighted by Gasteiger charge is -2.21. The average Bonchev–Trinajstić information content (AvgIpc) is 3.05. The Morgan fingerprint density at radius 2 is 2.07 bits per heavy atom. The highest BCUT2D eigenvalue weighted by molar-refractivity contribution is 7.80. The molecule has 1 aliphatic rings. The van der Waals surface area contributed by atoms with E-state index < -0.39 is 0 Å². The van der Waals surface area contributed by atoms with Crippen LogP contribution in [0.2, 0.25) is 0 Å². The van der Waals surface area contributed by atoms with Crippen molar-refractivity contribution in [3.05, 3.63) is 48.8 Å². The summed E-state index contributed by atoms with van der Waals surface area (Å²) >= 11 is 10.5. The number of aromatic nitrogens is 1. The maximum absolute atomic E-state index is 5.82. The first-order valence-electron chi connectivity index (χ1n) is 9.39. The molecule has 148 valence electrons. The van der Waals surface area contributed by atoms with Crippen molar-refractivity contribution in [1.82, 2.24) is 9.88 Å². The molecule has 0 bridgehead atoms. The molecule has 0 unspecified atom stereocenters. The summed E-state index contributed by atoms with van der Waals surface area (Å²) < 4.78 is 5.82. The fraction of sp³-hybridized carbons (Fsp3) is 0.350. The summed E-state index contributed by atoms with van der Waals surface area (Å²) in [5.41, 5.74) is 7.40. The molecule has 0 amide bonds. The van der Waals surface area contributed by atoms with E-state index in [9.17, 15) is 0 Å². The molecule has 1 saturated heterocycles. The molecule has 8 heteroatoms. The Labute approximate surface area is 176 Å². The summed E-state index contributed by atoms with van der Waals surface area (Å²) in [5, 5.41) is 4.05. The van der Waals surface area contributed by atoms with E-state index in [0.717, 1.165) is 61.1 Å². The zero-order valence-electron chi connectivity index (χ0n) is 15.7. The van der Waals surface area contributed by atoms with Gasteiger partial charge in [0, 0.05) is 37.6 Å². The summed E-state index contributed by atoms with van der Waals surface area (Å²) in [6, 6.07) is 11.6. The first kappa shape index (κ1) is 20.3. The van der Waals surface area contributed by atoms with E-state index in [4.69, 9.17) is 34.9 Å². The van der Waals surface area contributed by atoms with E-state index >= 15 is 0 Å². The predicted octanol–water partition coefficient (Wildman–Crippen LogP) is 3.39. The maximum Gasteiger partial charge on any atom is 0.176 e. The van der Waals surface area contributed by atoms with Crippen molar-refractivity contribution in [3.63, 3.8) is 0 Å². The van der Waals surface area contributed by atoms with E-state index in [1.54, 1.807) is 6.20 Å². The lowest BCUT2D eigenvalue weighted by molar-refractivity contribution is 0.302. The van der Waals surface area contributed by atoms with E-state index in [1.807, 2.05) is 42.6 Å². The van der Waals surface area contributed by atoms with Crippen LogP contribution in [0.1, 0.15) is 19.3 Å². The van der Waals surface area contributed by atoms with Gasteiger partial charge in [0.15, 0.2) is 10.2 Å². The molecular formula is C20H25N5OS2. The Morgan fingerprint density at radius 1 is 1.18 bits per heavy atom. The average molecular weight is 416 g/mol. The summed E-state index contributed by atoms with van der Waals surface area (Å²) in [7, 11) is 0. The van der Waals surface area contributed by atoms with E-state index in [2.05, 4.69) is 20.1 Å². The molecular weight excluding hydrogens is 390 g/mol. The molecule has 3 N–H and O–H groups in total. The van der Waals surface area contributed by atoms with Gasteiger partial charge in [0.05, 0.1) is 18.5 Å². The molecule has 2 heterocycles. The van der Waals surface area contributed by atoms with Crippen molar-refractivity contribution in [2.45, 2.75) is 19.3 Å². The third-order valence-electron chi connectivity index (χ3n) is 4.50. The van der Waals surface area contributed by atoms with Gasteiger partial charge in [-0.05, 0) is 68.0 Å². The SMILES string of the molecule is NC(=S)Nc1cccc(OCCCCCN2CCN(c3cccnc3)C2=S)c1. The standard InChI is InChI=1S/C20H25N5OS2/c21-19(27)23-16-6-4-8-18(14-16)26-13-3-1-2-10-24-11-12-25(20(24)28)17-7-5-9-22-15-17/h4-9,14-15H,1-3,10-13H2,(H3,21,23,27). The van der Waals surface area contributed by atoms with Gasteiger partial charge in [-0.1, -0.05) is 6.07 Å². The van der Waals surface area contributed by atoms with Gasteiger partial charge in [-0.15, -0.1) is 0 Å².